The Morgan fingerprint density at radius 3 is 2.67 bits per heavy atom. The van der Waals surface area contributed by atoms with Crippen LogP contribution in [0.4, 0.5) is 4.39 Å². The topological polar surface area (TPSA) is 84.7 Å². The summed E-state index contributed by atoms with van der Waals surface area (Å²) in [5.74, 6) is -0.544. The number of hydrogen-bond acceptors (Lipinski definition) is 4. The molecule has 7 heteroatoms. The van der Waals surface area contributed by atoms with E-state index in [9.17, 15) is 14.0 Å². The number of hydrogen-bond donors (Lipinski definition) is 2. The molecule has 1 aliphatic rings. The van der Waals surface area contributed by atoms with Crippen LogP contribution >= 0.6 is 0 Å². The normalized spacial score (nSPS) is 15.9. The van der Waals surface area contributed by atoms with Gasteiger partial charge in [0, 0.05) is 25.6 Å². The van der Waals surface area contributed by atoms with E-state index in [0.717, 1.165) is 25.9 Å². The zero-order valence-corrected chi connectivity index (χ0v) is 13.7. The molecule has 3 N–H and O–H groups in total. The minimum atomic E-state index is -0.398. The molecule has 1 aromatic rings. The third-order valence-corrected chi connectivity index (χ3v) is 3.97. The first-order valence-corrected chi connectivity index (χ1v) is 8.22. The molecule has 1 fully saturated rings. The molecule has 1 heterocycles. The van der Waals surface area contributed by atoms with Crippen LogP contribution in [0.2, 0.25) is 0 Å². The van der Waals surface area contributed by atoms with Crippen molar-refractivity contribution in [2.75, 3.05) is 26.2 Å². The lowest BCUT2D eigenvalue weighted by molar-refractivity contribution is -0.123. The van der Waals surface area contributed by atoms with Gasteiger partial charge in [-0.1, -0.05) is 12.1 Å². The van der Waals surface area contributed by atoms with Crippen LogP contribution in [0.5, 0.6) is 5.75 Å². The summed E-state index contributed by atoms with van der Waals surface area (Å²) in [7, 11) is 0. The SMILES string of the molecule is NC(=O)CN1CCC(NC(=O)CCCOc2ccccc2F)CC1. The molecular weight excluding hydrogens is 313 g/mol. The quantitative estimate of drug-likeness (QED) is 0.695. The molecule has 0 unspecified atom stereocenters. The Morgan fingerprint density at radius 2 is 2.00 bits per heavy atom. The van der Waals surface area contributed by atoms with Crippen LogP contribution in [0.1, 0.15) is 25.7 Å². The molecule has 24 heavy (non-hydrogen) atoms. The molecule has 0 spiro atoms. The minimum Gasteiger partial charge on any atom is -0.491 e. The summed E-state index contributed by atoms with van der Waals surface area (Å²) in [6.07, 6.45) is 2.49. The Labute approximate surface area is 141 Å². The van der Waals surface area contributed by atoms with E-state index in [-0.39, 0.29) is 30.2 Å². The predicted octanol–water partition coefficient (Wildman–Crippen LogP) is 1.05. The lowest BCUT2D eigenvalue weighted by atomic mass is 10.0. The van der Waals surface area contributed by atoms with Crippen LogP contribution in [0.25, 0.3) is 0 Å². The van der Waals surface area contributed by atoms with Gasteiger partial charge in [-0.05, 0) is 31.4 Å². The number of piperidine rings is 1. The van der Waals surface area contributed by atoms with Gasteiger partial charge in [-0.2, -0.15) is 0 Å². The molecule has 1 saturated heterocycles. The van der Waals surface area contributed by atoms with Crippen LogP contribution in [0.3, 0.4) is 0 Å². The van der Waals surface area contributed by atoms with E-state index in [1.165, 1.54) is 6.07 Å². The number of primary amides is 1. The van der Waals surface area contributed by atoms with Crippen molar-refractivity contribution in [1.82, 2.24) is 10.2 Å². The molecule has 1 aliphatic heterocycles. The van der Waals surface area contributed by atoms with Crippen LogP contribution < -0.4 is 15.8 Å². The molecule has 0 aromatic heterocycles. The number of nitrogens with one attached hydrogen (secondary N) is 1. The summed E-state index contributed by atoms with van der Waals surface area (Å²) in [6.45, 7) is 2.08. The first-order valence-electron chi connectivity index (χ1n) is 8.22. The highest BCUT2D eigenvalue weighted by Crippen LogP contribution is 2.15. The number of ether oxygens (including phenoxy) is 1. The maximum absolute atomic E-state index is 13.4. The van der Waals surface area contributed by atoms with Gasteiger partial charge in [0.25, 0.3) is 0 Å². The third-order valence-electron chi connectivity index (χ3n) is 3.97. The van der Waals surface area contributed by atoms with Gasteiger partial charge in [0.2, 0.25) is 11.8 Å². The molecular formula is C17H24FN3O3. The van der Waals surface area contributed by atoms with Crippen molar-refractivity contribution in [3.8, 4) is 5.75 Å². The maximum atomic E-state index is 13.4. The van der Waals surface area contributed by atoms with Crippen LogP contribution in [0, 0.1) is 5.82 Å². The zero-order chi connectivity index (χ0) is 17.4. The summed E-state index contributed by atoms with van der Waals surface area (Å²) in [5, 5.41) is 2.99. The first kappa shape index (κ1) is 18.2. The van der Waals surface area contributed by atoms with E-state index in [2.05, 4.69) is 5.32 Å². The smallest absolute Gasteiger partial charge is 0.231 e. The van der Waals surface area contributed by atoms with Gasteiger partial charge in [0.05, 0.1) is 13.2 Å². The molecule has 0 saturated carbocycles. The van der Waals surface area contributed by atoms with Gasteiger partial charge in [-0.25, -0.2) is 4.39 Å². The summed E-state index contributed by atoms with van der Waals surface area (Å²) in [6, 6.07) is 6.34. The largest absolute Gasteiger partial charge is 0.491 e. The number of benzene rings is 1. The second-order valence-corrected chi connectivity index (χ2v) is 5.97. The van der Waals surface area contributed by atoms with Crippen molar-refractivity contribution < 1.29 is 18.7 Å². The number of para-hydroxylation sites is 1. The third kappa shape index (κ3) is 6.16. The number of likely N-dealkylation sites (tertiary alicyclic amines) is 1. The van der Waals surface area contributed by atoms with Crippen LogP contribution in [-0.4, -0.2) is 49.0 Å². The predicted molar refractivity (Wildman–Crippen MR) is 87.9 cm³/mol. The zero-order valence-electron chi connectivity index (χ0n) is 13.7. The van der Waals surface area contributed by atoms with Crippen LogP contribution in [0.15, 0.2) is 24.3 Å². The monoisotopic (exact) mass is 337 g/mol. The highest BCUT2D eigenvalue weighted by molar-refractivity contribution is 5.76. The van der Waals surface area contributed by atoms with E-state index in [1.54, 1.807) is 18.2 Å². The van der Waals surface area contributed by atoms with Crippen molar-refractivity contribution in [1.29, 1.82) is 0 Å². The van der Waals surface area contributed by atoms with E-state index in [1.807, 2.05) is 4.90 Å². The fraction of sp³-hybridized carbons (Fsp3) is 0.529. The second kappa shape index (κ2) is 9.22. The molecule has 132 valence electrons. The van der Waals surface area contributed by atoms with E-state index >= 15 is 0 Å². The highest BCUT2D eigenvalue weighted by atomic mass is 19.1. The van der Waals surface area contributed by atoms with Crippen molar-refractivity contribution in [3.05, 3.63) is 30.1 Å². The number of amides is 2. The number of halogens is 1. The first-order chi connectivity index (χ1) is 11.5. The van der Waals surface area contributed by atoms with E-state index in [0.29, 0.717) is 19.4 Å². The number of nitrogens with zero attached hydrogens (tertiary/aromatic N) is 1. The van der Waals surface area contributed by atoms with Crippen molar-refractivity contribution in [3.63, 3.8) is 0 Å². The Bertz CT molecular complexity index is 560. The minimum absolute atomic E-state index is 0.0273. The van der Waals surface area contributed by atoms with Gasteiger partial charge in [-0.3, -0.25) is 14.5 Å². The molecule has 6 nitrogen and oxygen atoms in total. The summed E-state index contributed by atoms with van der Waals surface area (Å²) in [5.41, 5.74) is 5.17. The fourth-order valence-corrected chi connectivity index (χ4v) is 2.73. The molecule has 0 aliphatic carbocycles. The number of nitrogens with two attached hydrogens (primary N) is 1. The summed E-state index contributed by atoms with van der Waals surface area (Å²) < 4.78 is 18.7. The summed E-state index contributed by atoms with van der Waals surface area (Å²) in [4.78, 5) is 24.8. The van der Waals surface area contributed by atoms with Crippen molar-refractivity contribution in [2.24, 2.45) is 5.73 Å². The average molecular weight is 337 g/mol. The molecule has 0 atom stereocenters. The molecule has 0 radical (unpaired) electrons. The Hall–Kier alpha value is -2.15. The van der Waals surface area contributed by atoms with Crippen molar-refractivity contribution >= 4 is 11.8 Å². The van der Waals surface area contributed by atoms with Gasteiger partial charge in [0.1, 0.15) is 0 Å². The Kier molecular flexibility index (Phi) is 6.99. The molecule has 1 aromatic carbocycles. The van der Waals surface area contributed by atoms with E-state index < -0.39 is 5.82 Å². The second-order valence-electron chi connectivity index (χ2n) is 5.97. The standard InChI is InChI=1S/C17H24FN3O3/c18-14-4-1-2-5-15(14)24-11-3-6-17(23)20-13-7-9-21(10-8-13)12-16(19)22/h1-2,4-5,13H,3,6-12H2,(H2,19,22)(H,20,23). The van der Waals surface area contributed by atoms with E-state index in [4.69, 9.17) is 10.5 Å². The van der Waals surface area contributed by atoms with Gasteiger partial charge in [-0.15, -0.1) is 0 Å². The highest BCUT2D eigenvalue weighted by Gasteiger charge is 2.21. The van der Waals surface area contributed by atoms with Gasteiger partial charge in [0.15, 0.2) is 11.6 Å². The molecule has 2 amide bonds. The lowest BCUT2D eigenvalue weighted by Crippen LogP contribution is -2.46. The number of carbonyl (C=O) groups is 2. The lowest BCUT2D eigenvalue weighted by Gasteiger charge is -2.31. The average Bonchev–Trinajstić information content (AvgIpc) is 2.54. The summed E-state index contributed by atoms with van der Waals surface area (Å²) >= 11 is 0. The fourth-order valence-electron chi connectivity index (χ4n) is 2.73. The van der Waals surface area contributed by atoms with Gasteiger partial charge >= 0.3 is 0 Å². The van der Waals surface area contributed by atoms with Crippen molar-refractivity contribution in [2.45, 2.75) is 31.7 Å². The van der Waals surface area contributed by atoms with Crippen LogP contribution in [-0.2, 0) is 9.59 Å². The van der Waals surface area contributed by atoms with Gasteiger partial charge < -0.3 is 15.8 Å². The number of rotatable bonds is 8. The Morgan fingerprint density at radius 1 is 1.29 bits per heavy atom. The number of carbonyl (C=O) groups excluding carboxylic acids is 2. The molecule has 2 rings (SSSR count). The maximum Gasteiger partial charge on any atom is 0.231 e. The molecule has 0 bridgehead atoms. The Balaban J connectivity index is 1.59.